The third-order valence-electron chi connectivity index (χ3n) is 4.63. The summed E-state index contributed by atoms with van der Waals surface area (Å²) in [5, 5.41) is 8.37. The average Bonchev–Trinajstić information content (AvgIpc) is 3.14. The minimum Gasteiger partial charge on any atom is -0.416 e. The van der Waals surface area contributed by atoms with Crippen molar-refractivity contribution in [2.24, 2.45) is 5.92 Å². The van der Waals surface area contributed by atoms with Crippen LogP contribution in [0.4, 0.5) is 0 Å². The first-order valence-electron chi connectivity index (χ1n) is 9.01. The molecule has 0 saturated carbocycles. The van der Waals surface area contributed by atoms with Crippen LogP contribution < -0.4 is 0 Å². The number of carbonyl (C=O) groups excluding carboxylic acids is 1. The molecule has 3 rings (SSSR count). The van der Waals surface area contributed by atoms with Crippen molar-refractivity contribution in [1.29, 1.82) is 0 Å². The van der Waals surface area contributed by atoms with Crippen LogP contribution in [0.1, 0.15) is 37.6 Å². The van der Waals surface area contributed by atoms with Gasteiger partial charge in [-0.1, -0.05) is 49.0 Å². The molecule has 0 bridgehead atoms. The second kappa shape index (κ2) is 9.04. The zero-order valence-electron chi connectivity index (χ0n) is 14.7. The zero-order valence-corrected chi connectivity index (χ0v) is 15.5. The molecular formula is C19H25N3O2S. The lowest BCUT2D eigenvalue weighted by Crippen LogP contribution is -2.41. The van der Waals surface area contributed by atoms with Crippen molar-refractivity contribution in [2.75, 3.05) is 18.8 Å². The summed E-state index contributed by atoms with van der Waals surface area (Å²) in [6.07, 6.45) is 5.26. The first-order valence-corrected chi connectivity index (χ1v) is 10.00. The highest BCUT2D eigenvalue weighted by molar-refractivity contribution is 7.99. The van der Waals surface area contributed by atoms with Crippen LogP contribution in [-0.2, 0) is 17.6 Å². The molecular weight excluding hydrogens is 334 g/mol. The zero-order chi connectivity index (χ0) is 17.5. The Kier molecular flexibility index (Phi) is 6.50. The molecule has 1 fully saturated rings. The third-order valence-corrected chi connectivity index (χ3v) is 5.43. The number of hydrogen-bond donors (Lipinski definition) is 0. The maximum atomic E-state index is 12.5. The Hall–Kier alpha value is -1.82. The smallest absolute Gasteiger partial charge is 0.277 e. The van der Waals surface area contributed by atoms with Gasteiger partial charge in [0.05, 0.1) is 5.75 Å². The Balaban J connectivity index is 1.44. The number of aryl methyl sites for hydroxylation is 2. The largest absolute Gasteiger partial charge is 0.416 e. The average molecular weight is 359 g/mol. The molecule has 5 nitrogen and oxygen atoms in total. The number of likely N-dealkylation sites (tertiary alicyclic amines) is 1. The highest BCUT2D eigenvalue weighted by atomic mass is 32.2. The fourth-order valence-electron chi connectivity index (χ4n) is 3.20. The van der Waals surface area contributed by atoms with Crippen LogP contribution in [-0.4, -0.2) is 39.8 Å². The highest BCUT2D eigenvalue weighted by Gasteiger charge is 2.24. The van der Waals surface area contributed by atoms with E-state index in [4.69, 9.17) is 4.42 Å². The van der Waals surface area contributed by atoms with Gasteiger partial charge in [-0.3, -0.25) is 4.79 Å². The Morgan fingerprint density at radius 1 is 1.32 bits per heavy atom. The lowest BCUT2D eigenvalue weighted by Gasteiger charge is -2.32. The molecule has 1 aliphatic rings. The van der Waals surface area contributed by atoms with Gasteiger partial charge < -0.3 is 9.32 Å². The number of aromatic nitrogens is 2. The van der Waals surface area contributed by atoms with Crippen LogP contribution >= 0.6 is 11.8 Å². The van der Waals surface area contributed by atoms with Crippen molar-refractivity contribution >= 4 is 17.7 Å². The highest BCUT2D eigenvalue weighted by Crippen LogP contribution is 2.23. The van der Waals surface area contributed by atoms with E-state index < -0.39 is 0 Å². The maximum absolute atomic E-state index is 12.5. The number of carbonyl (C=O) groups is 1. The van der Waals surface area contributed by atoms with E-state index in [1.54, 1.807) is 0 Å². The summed E-state index contributed by atoms with van der Waals surface area (Å²) in [7, 11) is 0. The number of nitrogens with zero attached hydrogens (tertiary/aromatic N) is 3. The second-order valence-corrected chi connectivity index (χ2v) is 7.40. The first kappa shape index (κ1) is 18.0. The molecule has 1 aromatic carbocycles. The van der Waals surface area contributed by atoms with Crippen LogP contribution in [0, 0.1) is 5.92 Å². The van der Waals surface area contributed by atoms with E-state index in [1.165, 1.54) is 23.7 Å². The van der Waals surface area contributed by atoms with Gasteiger partial charge in [-0.25, -0.2) is 0 Å². The van der Waals surface area contributed by atoms with Gasteiger partial charge in [-0.05, 0) is 37.2 Å². The van der Waals surface area contributed by atoms with E-state index in [0.717, 1.165) is 38.8 Å². The Bertz CT molecular complexity index is 674. The van der Waals surface area contributed by atoms with Crippen LogP contribution in [0.3, 0.4) is 0 Å². The Morgan fingerprint density at radius 3 is 2.92 bits per heavy atom. The minimum atomic E-state index is 0.172. The van der Waals surface area contributed by atoms with Crippen molar-refractivity contribution in [1.82, 2.24) is 15.1 Å². The lowest BCUT2D eigenvalue weighted by atomic mass is 9.91. The number of benzene rings is 1. The Labute approximate surface area is 153 Å². The summed E-state index contributed by atoms with van der Waals surface area (Å²) in [6, 6.07) is 10.6. The standard InChI is InChI=1S/C19H25N3O2S/c1-2-17-20-21-19(24-17)25-14-18(23)22-12-6-9-16(13-22)11-10-15-7-4-3-5-8-15/h3-5,7-8,16H,2,6,9-14H2,1H3. The predicted octanol–water partition coefficient (Wildman–Crippen LogP) is 3.60. The predicted molar refractivity (Wildman–Crippen MR) is 98.5 cm³/mol. The number of hydrogen-bond acceptors (Lipinski definition) is 5. The molecule has 0 N–H and O–H groups in total. The van der Waals surface area contributed by atoms with E-state index in [-0.39, 0.29) is 5.91 Å². The van der Waals surface area contributed by atoms with E-state index in [2.05, 4.69) is 40.5 Å². The molecule has 1 atom stereocenters. The van der Waals surface area contributed by atoms with Gasteiger partial charge in [-0.2, -0.15) is 0 Å². The molecule has 25 heavy (non-hydrogen) atoms. The van der Waals surface area contributed by atoms with Gasteiger partial charge in [0.1, 0.15) is 0 Å². The normalized spacial score (nSPS) is 17.6. The van der Waals surface area contributed by atoms with Crippen molar-refractivity contribution in [3.63, 3.8) is 0 Å². The molecule has 0 radical (unpaired) electrons. The molecule has 2 aromatic rings. The van der Waals surface area contributed by atoms with Crippen molar-refractivity contribution < 1.29 is 9.21 Å². The molecule has 1 saturated heterocycles. The SMILES string of the molecule is CCc1nnc(SCC(=O)N2CCCC(CCc3ccccc3)C2)o1. The summed E-state index contributed by atoms with van der Waals surface area (Å²) in [6.45, 7) is 3.71. The van der Waals surface area contributed by atoms with Crippen molar-refractivity contribution in [3.8, 4) is 0 Å². The van der Waals surface area contributed by atoms with Crippen LogP contribution in [0.2, 0.25) is 0 Å². The number of amides is 1. The molecule has 2 heterocycles. The van der Waals surface area contributed by atoms with Crippen LogP contribution in [0.25, 0.3) is 0 Å². The molecule has 1 unspecified atom stereocenters. The molecule has 1 aliphatic heterocycles. The topological polar surface area (TPSA) is 59.2 Å². The summed E-state index contributed by atoms with van der Waals surface area (Å²) >= 11 is 1.34. The number of rotatable bonds is 7. The van der Waals surface area contributed by atoms with Crippen molar-refractivity contribution in [3.05, 3.63) is 41.8 Å². The third kappa shape index (κ3) is 5.33. The Morgan fingerprint density at radius 2 is 2.16 bits per heavy atom. The summed E-state index contributed by atoms with van der Waals surface area (Å²) < 4.78 is 5.45. The number of piperidine rings is 1. The quantitative estimate of drug-likeness (QED) is 0.707. The fourth-order valence-corrected chi connectivity index (χ4v) is 3.88. The van der Waals surface area contributed by atoms with Crippen LogP contribution in [0.15, 0.2) is 40.0 Å². The molecule has 6 heteroatoms. The monoisotopic (exact) mass is 359 g/mol. The number of thioether (sulfide) groups is 1. The van der Waals surface area contributed by atoms with E-state index in [1.807, 2.05) is 11.8 Å². The van der Waals surface area contributed by atoms with Gasteiger partial charge in [0.25, 0.3) is 5.22 Å². The lowest BCUT2D eigenvalue weighted by molar-refractivity contribution is -0.130. The molecule has 0 aliphatic carbocycles. The second-order valence-electron chi connectivity index (χ2n) is 6.48. The molecule has 1 aromatic heterocycles. The van der Waals surface area contributed by atoms with Gasteiger partial charge in [0, 0.05) is 19.5 Å². The van der Waals surface area contributed by atoms with Gasteiger partial charge in [-0.15, -0.1) is 10.2 Å². The van der Waals surface area contributed by atoms with Gasteiger partial charge >= 0.3 is 0 Å². The molecule has 134 valence electrons. The minimum absolute atomic E-state index is 0.172. The first-order chi connectivity index (χ1) is 12.2. The summed E-state index contributed by atoms with van der Waals surface area (Å²) in [5.74, 6) is 1.76. The summed E-state index contributed by atoms with van der Waals surface area (Å²) in [4.78, 5) is 14.5. The molecule has 0 spiro atoms. The maximum Gasteiger partial charge on any atom is 0.277 e. The van der Waals surface area contributed by atoms with Crippen molar-refractivity contribution in [2.45, 2.75) is 44.3 Å². The van der Waals surface area contributed by atoms with Crippen LogP contribution in [0.5, 0.6) is 0 Å². The fraction of sp³-hybridized carbons (Fsp3) is 0.526. The van der Waals surface area contributed by atoms with E-state index in [0.29, 0.717) is 22.8 Å². The summed E-state index contributed by atoms with van der Waals surface area (Å²) in [5.41, 5.74) is 1.38. The van der Waals surface area contributed by atoms with E-state index in [9.17, 15) is 4.79 Å². The molecule has 1 amide bonds. The van der Waals surface area contributed by atoms with Gasteiger partial charge in [0.15, 0.2) is 0 Å². The van der Waals surface area contributed by atoms with Gasteiger partial charge in [0.2, 0.25) is 11.8 Å². The van der Waals surface area contributed by atoms with E-state index >= 15 is 0 Å².